The van der Waals surface area contributed by atoms with Crippen LogP contribution in [0.3, 0.4) is 0 Å². The summed E-state index contributed by atoms with van der Waals surface area (Å²) in [5.74, 6) is -0.543. The monoisotopic (exact) mass is 442 g/mol. The largest absolute Gasteiger partial charge is 0.457 e. The van der Waals surface area contributed by atoms with E-state index in [1.807, 2.05) is 24.3 Å². The van der Waals surface area contributed by atoms with Gasteiger partial charge in [0.2, 0.25) is 0 Å². The summed E-state index contributed by atoms with van der Waals surface area (Å²) in [6.45, 7) is 1.48. The molecule has 4 rings (SSSR count). The Hall–Kier alpha value is -3.09. The van der Waals surface area contributed by atoms with Crippen molar-refractivity contribution in [3.05, 3.63) is 82.0 Å². The van der Waals surface area contributed by atoms with E-state index in [0.29, 0.717) is 27.6 Å². The van der Waals surface area contributed by atoms with E-state index in [9.17, 15) is 9.59 Å². The Labute approximate surface area is 182 Å². The Kier molecular flexibility index (Phi) is 5.61. The first-order valence-corrected chi connectivity index (χ1v) is 9.87. The van der Waals surface area contributed by atoms with Crippen molar-refractivity contribution in [3.8, 4) is 11.5 Å². The number of carbonyl (C=O) groups excluding carboxylic acids is 2. The second-order valence-electron chi connectivity index (χ2n) is 6.66. The van der Waals surface area contributed by atoms with Crippen molar-refractivity contribution in [2.45, 2.75) is 18.9 Å². The average molecular weight is 443 g/mol. The van der Waals surface area contributed by atoms with Gasteiger partial charge >= 0.3 is 5.97 Å². The lowest BCUT2D eigenvalue weighted by Crippen LogP contribution is -2.33. The molecule has 2 aromatic carbocycles. The van der Waals surface area contributed by atoms with Crippen molar-refractivity contribution >= 4 is 40.9 Å². The summed E-state index contributed by atoms with van der Waals surface area (Å²) in [4.78, 5) is 29.6. The van der Waals surface area contributed by atoms with Crippen molar-refractivity contribution in [1.29, 1.82) is 0 Å². The summed E-state index contributed by atoms with van der Waals surface area (Å²) in [5, 5.41) is 3.07. The Balaban J connectivity index is 1.54. The van der Waals surface area contributed by atoms with Gasteiger partial charge in [-0.1, -0.05) is 59.6 Å². The molecule has 1 aliphatic rings. The van der Waals surface area contributed by atoms with Crippen LogP contribution in [0.1, 0.15) is 24.0 Å². The molecule has 3 aromatic rings. The maximum atomic E-state index is 13.1. The summed E-state index contributed by atoms with van der Waals surface area (Å²) in [5.41, 5.74) is 1.35. The molecule has 0 bridgehead atoms. The maximum Gasteiger partial charge on any atom is 0.318 e. The summed E-state index contributed by atoms with van der Waals surface area (Å²) in [6.07, 6.45) is 0.281. The number of amides is 1. The number of aromatic nitrogens is 1. The molecule has 0 aliphatic carbocycles. The topological polar surface area (TPSA) is 77.5 Å². The van der Waals surface area contributed by atoms with E-state index >= 15 is 0 Å². The van der Waals surface area contributed by atoms with Gasteiger partial charge in [0, 0.05) is 17.3 Å². The van der Waals surface area contributed by atoms with Gasteiger partial charge in [-0.2, -0.15) is 0 Å². The minimum Gasteiger partial charge on any atom is -0.457 e. The number of anilines is 1. The molecule has 1 aromatic heterocycles. The number of ether oxygens (including phenoxy) is 2. The molecule has 152 valence electrons. The van der Waals surface area contributed by atoms with E-state index in [1.165, 1.54) is 19.2 Å². The summed E-state index contributed by atoms with van der Waals surface area (Å²) in [7, 11) is 0. The zero-order valence-electron chi connectivity index (χ0n) is 15.8. The molecule has 0 saturated heterocycles. The van der Waals surface area contributed by atoms with Crippen LogP contribution in [-0.4, -0.2) is 23.0 Å². The van der Waals surface area contributed by atoms with Gasteiger partial charge in [-0.3, -0.25) is 9.59 Å². The molecule has 0 spiro atoms. The maximum absolute atomic E-state index is 13.1. The smallest absolute Gasteiger partial charge is 0.318 e. The first-order valence-electron chi connectivity index (χ1n) is 9.12. The second-order valence-corrected chi connectivity index (χ2v) is 7.51. The number of nitrogens with one attached hydrogen (secondary N) is 1. The molecule has 1 unspecified atom stereocenters. The fourth-order valence-electron chi connectivity index (χ4n) is 3.18. The number of halogens is 2. The van der Waals surface area contributed by atoms with Gasteiger partial charge in [0.25, 0.3) is 5.91 Å². The molecule has 1 amide bonds. The van der Waals surface area contributed by atoms with Gasteiger partial charge in [0.1, 0.15) is 17.4 Å². The minimum atomic E-state index is -1.08. The van der Waals surface area contributed by atoms with Crippen LogP contribution in [0.25, 0.3) is 0 Å². The van der Waals surface area contributed by atoms with Crippen molar-refractivity contribution in [3.63, 3.8) is 0 Å². The highest BCUT2D eigenvalue weighted by Crippen LogP contribution is 2.44. The van der Waals surface area contributed by atoms with E-state index in [4.69, 9.17) is 32.7 Å². The summed E-state index contributed by atoms with van der Waals surface area (Å²) >= 11 is 11.8. The number of pyridine rings is 1. The zero-order chi connectivity index (χ0) is 21.3. The number of carbonyl (C=O) groups is 2. The van der Waals surface area contributed by atoms with Crippen LogP contribution in [0.5, 0.6) is 11.5 Å². The number of nitrogens with zero attached hydrogens (tertiary/aromatic N) is 1. The van der Waals surface area contributed by atoms with Crippen LogP contribution < -0.4 is 10.1 Å². The van der Waals surface area contributed by atoms with Gasteiger partial charge in [-0.25, -0.2) is 4.98 Å². The average Bonchev–Trinajstić information content (AvgIpc) is 2.73. The van der Waals surface area contributed by atoms with Crippen LogP contribution in [0.15, 0.2) is 60.8 Å². The lowest BCUT2D eigenvalue weighted by atomic mass is 9.88. The molecule has 1 aliphatic heterocycles. The Morgan fingerprint density at radius 3 is 2.27 bits per heavy atom. The molecule has 0 radical (unpaired) electrons. The number of benzene rings is 2. The number of fused-ring (bicyclic) bond motifs is 2. The fourth-order valence-corrected chi connectivity index (χ4v) is 3.61. The van der Waals surface area contributed by atoms with Crippen LogP contribution in [0.4, 0.5) is 5.82 Å². The molecule has 1 atom stereocenters. The molecule has 30 heavy (non-hydrogen) atoms. The number of para-hydroxylation sites is 2. The molecular weight excluding hydrogens is 427 g/mol. The first kappa shape index (κ1) is 20.2. The van der Waals surface area contributed by atoms with Gasteiger partial charge in [-0.05, 0) is 25.1 Å². The van der Waals surface area contributed by atoms with Crippen molar-refractivity contribution in [1.82, 2.24) is 4.98 Å². The standard InChI is InChI=1S/C22H16Cl2N2O4/c1-12(21(27)26-20-16(24)10-13(23)11-25-20)29-22(28)19-14-6-2-4-8-17(14)30-18-9-5-3-7-15(18)19/h2-12,19H,1H3,(H,25,26,27). The summed E-state index contributed by atoms with van der Waals surface area (Å²) < 4.78 is 11.4. The van der Waals surface area contributed by atoms with Gasteiger partial charge in [0.15, 0.2) is 11.9 Å². The van der Waals surface area contributed by atoms with Crippen LogP contribution in [0.2, 0.25) is 10.0 Å². The first-order chi connectivity index (χ1) is 14.4. The van der Waals surface area contributed by atoms with Gasteiger partial charge in [-0.15, -0.1) is 0 Å². The third-order valence-electron chi connectivity index (χ3n) is 4.63. The van der Waals surface area contributed by atoms with Crippen molar-refractivity contribution < 1.29 is 19.1 Å². The van der Waals surface area contributed by atoms with E-state index in [0.717, 1.165) is 0 Å². The van der Waals surface area contributed by atoms with Gasteiger partial charge in [0.05, 0.1) is 10.0 Å². The predicted octanol–water partition coefficient (Wildman–Crippen LogP) is 5.20. The highest BCUT2D eigenvalue weighted by molar-refractivity contribution is 6.36. The number of hydrogen-bond acceptors (Lipinski definition) is 5. The Morgan fingerprint density at radius 1 is 1.07 bits per heavy atom. The summed E-state index contributed by atoms with van der Waals surface area (Å²) in [6, 6.07) is 15.9. The zero-order valence-corrected chi connectivity index (χ0v) is 17.3. The minimum absolute atomic E-state index is 0.135. The van der Waals surface area contributed by atoms with Crippen LogP contribution >= 0.6 is 23.2 Å². The predicted molar refractivity (Wildman–Crippen MR) is 113 cm³/mol. The number of rotatable bonds is 4. The van der Waals surface area contributed by atoms with E-state index in [1.54, 1.807) is 24.3 Å². The quantitative estimate of drug-likeness (QED) is 0.562. The van der Waals surface area contributed by atoms with Crippen LogP contribution in [0, 0.1) is 0 Å². The number of hydrogen-bond donors (Lipinski definition) is 1. The van der Waals surface area contributed by atoms with E-state index in [2.05, 4.69) is 10.3 Å². The second kappa shape index (κ2) is 8.34. The Bertz CT molecular complexity index is 1090. The van der Waals surface area contributed by atoms with E-state index < -0.39 is 23.9 Å². The van der Waals surface area contributed by atoms with Crippen LogP contribution in [-0.2, 0) is 14.3 Å². The molecular formula is C22H16Cl2N2O4. The lowest BCUT2D eigenvalue weighted by molar-refractivity contribution is -0.153. The Morgan fingerprint density at radius 2 is 1.67 bits per heavy atom. The fraction of sp³-hybridized carbons (Fsp3) is 0.136. The highest BCUT2D eigenvalue weighted by Gasteiger charge is 2.35. The molecule has 2 heterocycles. The van der Waals surface area contributed by atoms with Gasteiger partial charge < -0.3 is 14.8 Å². The van der Waals surface area contributed by atoms with Crippen molar-refractivity contribution in [2.24, 2.45) is 0 Å². The van der Waals surface area contributed by atoms with E-state index in [-0.39, 0.29) is 10.8 Å². The third kappa shape index (κ3) is 3.97. The molecule has 8 heteroatoms. The number of esters is 1. The molecule has 6 nitrogen and oxygen atoms in total. The SMILES string of the molecule is CC(OC(=O)C1c2ccccc2Oc2ccccc21)C(=O)Nc1ncc(Cl)cc1Cl. The third-order valence-corrected chi connectivity index (χ3v) is 5.12. The molecule has 1 N–H and O–H groups in total. The molecule has 0 saturated carbocycles. The lowest BCUT2D eigenvalue weighted by Gasteiger charge is -2.27. The highest BCUT2D eigenvalue weighted by atomic mass is 35.5. The molecule has 0 fully saturated rings. The normalized spacial score (nSPS) is 13.4. The van der Waals surface area contributed by atoms with Crippen molar-refractivity contribution in [2.75, 3.05) is 5.32 Å².